The van der Waals surface area contributed by atoms with E-state index in [-0.39, 0.29) is 5.91 Å². The van der Waals surface area contributed by atoms with Crippen LogP contribution in [0.3, 0.4) is 0 Å². The van der Waals surface area contributed by atoms with Crippen molar-refractivity contribution in [2.24, 2.45) is 0 Å². The fourth-order valence-electron chi connectivity index (χ4n) is 2.61. The van der Waals surface area contributed by atoms with Gasteiger partial charge in [0.2, 0.25) is 5.91 Å². The molecule has 0 fully saturated rings. The Balaban J connectivity index is 1.37. The van der Waals surface area contributed by atoms with Crippen molar-refractivity contribution in [3.8, 4) is 5.75 Å². The van der Waals surface area contributed by atoms with Crippen LogP contribution in [0.1, 0.15) is 5.56 Å². The average molecular weight is 386 g/mol. The van der Waals surface area contributed by atoms with Gasteiger partial charge in [-0.05, 0) is 40.6 Å². The molecule has 26 heavy (non-hydrogen) atoms. The van der Waals surface area contributed by atoms with Gasteiger partial charge in [0, 0.05) is 10.8 Å². The van der Waals surface area contributed by atoms with Crippen molar-refractivity contribution >= 4 is 40.0 Å². The van der Waals surface area contributed by atoms with Crippen molar-refractivity contribution in [2.45, 2.75) is 5.75 Å². The number of amides is 1. The van der Waals surface area contributed by atoms with Gasteiger partial charge in [0.1, 0.15) is 12.4 Å². The van der Waals surface area contributed by atoms with E-state index < -0.39 is 0 Å². The SMILES string of the molecule is O=C(CSCc1cccc2ccccc12)NCCOc1ccc(Cl)cc1. The van der Waals surface area contributed by atoms with Crippen LogP contribution >= 0.6 is 23.4 Å². The first-order chi connectivity index (χ1) is 12.7. The Kier molecular flexibility index (Phi) is 6.81. The Bertz CT molecular complexity index is 862. The summed E-state index contributed by atoms with van der Waals surface area (Å²) in [6.45, 7) is 0.914. The number of rotatable bonds is 8. The van der Waals surface area contributed by atoms with E-state index in [2.05, 4.69) is 35.6 Å². The maximum atomic E-state index is 11.9. The molecule has 5 heteroatoms. The Labute approximate surface area is 162 Å². The fourth-order valence-corrected chi connectivity index (χ4v) is 3.60. The predicted octanol–water partition coefficient (Wildman–Crippen LogP) is 4.92. The predicted molar refractivity (Wildman–Crippen MR) is 110 cm³/mol. The normalized spacial score (nSPS) is 10.7. The molecule has 1 N–H and O–H groups in total. The smallest absolute Gasteiger partial charge is 0.230 e. The summed E-state index contributed by atoms with van der Waals surface area (Å²) in [7, 11) is 0. The molecule has 0 aliphatic heterocycles. The number of benzene rings is 3. The molecule has 0 saturated heterocycles. The zero-order valence-corrected chi connectivity index (χ0v) is 15.9. The summed E-state index contributed by atoms with van der Waals surface area (Å²) < 4.78 is 5.55. The van der Waals surface area contributed by atoms with Crippen molar-refractivity contribution in [1.29, 1.82) is 0 Å². The second kappa shape index (κ2) is 9.51. The van der Waals surface area contributed by atoms with E-state index in [0.29, 0.717) is 23.9 Å². The van der Waals surface area contributed by atoms with Crippen LogP contribution in [0.5, 0.6) is 5.75 Å². The lowest BCUT2D eigenvalue weighted by atomic mass is 10.1. The first-order valence-corrected chi connectivity index (χ1v) is 9.95. The van der Waals surface area contributed by atoms with E-state index in [1.165, 1.54) is 16.3 Å². The van der Waals surface area contributed by atoms with E-state index in [1.807, 2.05) is 24.3 Å². The van der Waals surface area contributed by atoms with Crippen molar-refractivity contribution in [3.63, 3.8) is 0 Å². The molecular weight excluding hydrogens is 366 g/mol. The van der Waals surface area contributed by atoms with Gasteiger partial charge in [0.15, 0.2) is 0 Å². The number of fused-ring (bicyclic) bond motifs is 1. The largest absolute Gasteiger partial charge is 0.492 e. The molecule has 0 saturated carbocycles. The Hall–Kier alpha value is -2.17. The van der Waals surface area contributed by atoms with Crippen molar-refractivity contribution in [1.82, 2.24) is 5.32 Å². The van der Waals surface area contributed by atoms with Gasteiger partial charge >= 0.3 is 0 Å². The average Bonchev–Trinajstić information content (AvgIpc) is 2.67. The fraction of sp³-hybridized carbons (Fsp3) is 0.190. The third kappa shape index (κ3) is 5.41. The molecule has 0 bridgehead atoms. The summed E-state index contributed by atoms with van der Waals surface area (Å²) in [5.41, 5.74) is 1.26. The highest BCUT2D eigenvalue weighted by molar-refractivity contribution is 7.99. The summed E-state index contributed by atoms with van der Waals surface area (Å²) in [4.78, 5) is 11.9. The number of hydrogen-bond donors (Lipinski definition) is 1. The number of hydrogen-bond acceptors (Lipinski definition) is 3. The third-order valence-electron chi connectivity index (χ3n) is 3.88. The van der Waals surface area contributed by atoms with E-state index in [9.17, 15) is 4.79 Å². The molecule has 0 aromatic heterocycles. The van der Waals surface area contributed by atoms with Gasteiger partial charge in [-0.15, -0.1) is 11.8 Å². The Morgan fingerprint density at radius 1 is 1.00 bits per heavy atom. The summed E-state index contributed by atoms with van der Waals surface area (Å²) in [6.07, 6.45) is 0. The van der Waals surface area contributed by atoms with Crippen LogP contribution in [-0.2, 0) is 10.5 Å². The van der Waals surface area contributed by atoms with Crippen LogP contribution in [0.2, 0.25) is 5.02 Å². The van der Waals surface area contributed by atoms with Gasteiger partial charge in [-0.3, -0.25) is 4.79 Å². The Morgan fingerprint density at radius 3 is 2.62 bits per heavy atom. The van der Waals surface area contributed by atoms with Crippen molar-refractivity contribution in [3.05, 3.63) is 77.3 Å². The summed E-state index contributed by atoms with van der Waals surface area (Å²) >= 11 is 7.44. The van der Waals surface area contributed by atoms with Crippen LogP contribution < -0.4 is 10.1 Å². The minimum atomic E-state index is 0.0231. The molecule has 134 valence electrons. The molecule has 0 unspecified atom stereocenters. The molecule has 3 aromatic carbocycles. The molecule has 3 rings (SSSR count). The van der Waals surface area contributed by atoms with E-state index >= 15 is 0 Å². The maximum absolute atomic E-state index is 11.9. The molecule has 1 amide bonds. The van der Waals surface area contributed by atoms with Crippen LogP contribution in [0, 0.1) is 0 Å². The molecule has 0 aliphatic carbocycles. The molecule has 0 aliphatic rings. The number of thioether (sulfide) groups is 1. The molecule has 0 spiro atoms. The number of carbonyl (C=O) groups is 1. The number of ether oxygens (including phenoxy) is 1. The second-order valence-corrected chi connectivity index (χ2v) is 7.21. The molecule has 3 aromatic rings. The van der Waals surface area contributed by atoms with E-state index in [4.69, 9.17) is 16.3 Å². The lowest BCUT2D eigenvalue weighted by molar-refractivity contribution is -0.118. The van der Waals surface area contributed by atoms with Gasteiger partial charge in [-0.2, -0.15) is 0 Å². The molecule has 0 radical (unpaired) electrons. The number of carbonyl (C=O) groups excluding carboxylic acids is 1. The van der Waals surface area contributed by atoms with Crippen molar-refractivity contribution in [2.75, 3.05) is 18.9 Å². The van der Waals surface area contributed by atoms with Crippen LogP contribution in [0.25, 0.3) is 10.8 Å². The monoisotopic (exact) mass is 385 g/mol. The van der Waals surface area contributed by atoms with Gasteiger partial charge in [-0.1, -0.05) is 54.1 Å². The van der Waals surface area contributed by atoms with E-state index in [0.717, 1.165) is 11.5 Å². The molecule has 3 nitrogen and oxygen atoms in total. The van der Waals surface area contributed by atoms with Crippen LogP contribution in [0.15, 0.2) is 66.7 Å². The highest BCUT2D eigenvalue weighted by atomic mass is 35.5. The minimum Gasteiger partial charge on any atom is -0.492 e. The van der Waals surface area contributed by atoms with E-state index in [1.54, 1.807) is 23.9 Å². The summed E-state index contributed by atoms with van der Waals surface area (Å²) in [5, 5.41) is 6.03. The Morgan fingerprint density at radius 2 is 1.77 bits per heavy atom. The van der Waals surface area contributed by atoms with Gasteiger partial charge in [-0.25, -0.2) is 0 Å². The highest BCUT2D eigenvalue weighted by Crippen LogP contribution is 2.22. The van der Waals surface area contributed by atoms with Gasteiger partial charge in [0.05, 0.1) is 12.3 Å². The van der Waals surface area contributed by atoms with Crippen LogP contribution in [-0.4, -0.2) is 24.8 Å². The number of halogens is 1. The quantitative estimate of drug-likeness (QED) is 0.559. The zero-order chi connectivity index (χ0) is 18.2. The third-order valence-corrected chi connectivity index (χ3v) is 5.11. The van der Waals surface area contributed by atoms with Gasteiger partial charge in [0.25, 0.3) is 0 Å². The molecule has 0 atom stereocenters. The molecule has 0 heterocycles. The zero-order valence-electron chi connectivity index (χ0n) is 14.3. The second-order valence-electron chi connectivity index (χ2n) is 5.78. The first-order valence-electron chi connectivity index (χ1n) is 8.42. The lowest BCUT2D eigenvalue weighted by Crippen LogP contribution is -2.29. The first kappa shape index (κ1) is 18.6. The summed E-state index contributed by atoms with van der Waals surface area (Å²) in [6, 6.07) is 21.8. The van der Waals surface area contributed by atoms with Gasteiger partial charge < -0.3 is 10.1 Å². The molecular formula is C21H20ClNO2S. The summed E-state index contributed by atoms with van der Waals surface area (Å²) in [5.74, 6) is 2.02. The number of nitrogens with one attached hydrogen (secondary N) is 1. The minimum absolute atomic E-state index is 0.0231. The lowest BCUT2D eigenvalue weighted by Gasteiger charge is -2.09. The topological polar surface area (TPSA) is 38.3 Å². The highest BCUT2D eigenvalue weighted by Gasteiger charge is 2.04. The van der Waals surface area contributed by atoms with Crippen molar-refractivity contribution < 1.29 is 9.53 Å². The standard InChI is InChI=1S/C21H20ClNO2S/c22-18-8-10-19(11-9-18)25-13-12-23-21(24)15-26-14-17-6-3-5-16-4-1-2-7-20(16)17/h1-11H,12-15H2,(H,23,24). The van der Waals surface area contributed by atoms with Crippen LogP contribution in [0.4, 0.5) is 0 Å². The maximum Gasteiger partial charge on any atom is 0.230 e.